The fourth-order valence-corrected chi connectivity index (χ4v) is 2.75. The Balaban J connectivity index is 2.14. The minimum Gasteiger partial charge on any atom is -0.487 e. The van der Waals surface area contributed by atoms with Gasteiger partial charge < -0.3 is 10.1 Å². The molecule has 5 heteroatoms. The number of benzene rings is 1. The molecule has 0 spiro atoms. The quantitative estimate of drug-likeness (QED) is 0.857. The van der Waals surface area contributed by atoms with Crippen LogP contribution in [0.1, 0.15) is 31.1 Å². The first-order valence-electron chi connectivity index (χ1n) is 6.23. The van der Waals surface area contributed by atoms with E-state index in [4.69, 9.17) is 4.74 Å². The molecule has 0 saturated heterocycles. The highest BCUT2D eigenvalue weighted by molar-refractivity contribution is 9.10. The van der Waals surface area contributed by atoms with Crippen molar-refractivity contribution >= 4 is 27.3 Å². The molecule has 0 amide bonds. The lowest BCUT2D eigenvalue weighted by Gasteiger charge is -2.17. The Kier molecular flexibility index (Phi) is 5.36. The molecule has 1 unspecified atom stereocenters. The van der Waals surface area contributed by atoms with Crippen LogP contribution in [0.15, 0.2) is 33.6 Å². The summed E-state index contributed by atoms with van der Waals surface area (Å²) in [7, 11) is 0. The van der Waals surface area contributed by atoms with Gasteiger partial charge in [0.2, 0.25) is 0 Å². The normalized spacial score (nSPS) is 12.4. The summed E-state index contributed by atoms with van der Waals surface area (Å²) < 4.78 is 6.93. The van der Waals surface area contributed by atoms with Crippen LogP contribution < -0.4 is 10.1 Å². The number of aromatic nitrogens is 1. The third-order valence-electron chi connectivity index (χ3n) is 2.81. The number of ether oxygens (including phenoxy) is 1. The molecule has 0 aliphatic rings. The van der Waals surface area contributed by atoms with Crippen molar-refractivity contribution in [2.75, 3.05) is 6.54 Å². The second-order valence-electron chi connectivity index (χ2n) is 4.23. The number of rotatable bonds is 6. The molecule has 0 fully saturated rings. The number of hydrogen-bond acceptors (Lipinski definition) is 4. The van der Waals surface area contributed by atoms with E-state index in [-0.39, 0.29) is 6.04 Å². The molecule has 0 aliphatic carbocycles. The summed E-state index contributed by atoms with van der Waals surface area (Å²) in [6.45, 7) is 5.68. The van der Waals surface area contributed by atoms with Crippen molar-refractivity contribution in [1.29, 1.82) is 0 Å². The van der Waals surface area contributed by atoms with Crippen LogP contribution in [0, 0.1) is 0 Å². The van der Waals surface area contributed by atoms with Crippen molar-refractivity contribution in [3.8, 4) is 5.75 Å². The lowest BCUT2D eigenvalue weighted by atomic mass is 10.1. The number of hydrogen-bond donors (Lipinski definition) is 1. The van der Waals surface area contributed by atoms with Crippen molar-refractivity contribution in [1.82, 2.24) is 10.3 Å². The van der Waals surface area contributed by atoms with Gasteiger partial charge in [0.25, 0.3) is 0 Å². The zero-order chi connectivity index (χ0) is 13.7. The Labute approximate surface area is 126 Å². The van der Waals surface area contributed by atoms with Gasteiger partial charge in [-0.3, -0.25) is 0 Å². The van der Waals surface area contributed by atoms with Gasteiger partial charge in [-0.05, 0) is 25.6 Å². The Morgan fingerprint density at radius 1 is 1.47 bits per heavy atom. The third kappa shape index (κ3) is 4.03. The number of halogens is 1. The minimum absolute atomic E-state index is 0.267. The molecular weight excluding hydrogens is 324 g/mol. The Morgan fingerprint density at radius 2 is 2.32 bits per heavy atom. The second-order valence-corrected chi connectivity index (χ2v) is 5.86. The Hall–Kier alpha value is -0.910. The minimum atomic E-state index is 0.267. The predicted octanol–water partition coefficient (Wildman–Crippen LogP) is 4.16. The highest BCUT2D eigenvalue weighted by Gasteiger charge is 2.11. The van der Waals surface area contributed by atoms with Crippen LogP contribution in [0.3, 0.4) is 0 Å². The average molecular weight is 341 g/mol. The molecule has 1 atom stereocenters. The fourth-order valence-electron chi connectivity index (χ4n) is 1.87. The van der Waals surface area contributed by atoms with E-state index in [1.165, 1.54) is 5.56 Å². The summed E-state index contributed by atoms with van der Waals surface area (Å²) >= 11 is 5.07. The SMILES string of the molecule is CCNC(C)c1ccc(Br)cc1OCc1cscn1. The molecule has 1 aromatic heterocycles. The first-order valence-corrected chi connectivity index (χ1v) is 7.97. The topological polar surface area (TPSA) is 34.1 Å². The lowest BCUT2D eigenvalue weighted by Crippen LogP contribution is -2.18. The van der Waals surface area contributed by atoms with Gasteiger partial charge >= 0.3 is 0 Å². The number of nitrogens with one attached hydrogen (secondary N) is 1. The molecule has 0 radical (unpaired) electrons. The standard InChI is InChI=1S/C14H17BrN2OS/c1-3-16-10(2)13-5-4-11(15)6-14(13)18-7-12-8-19-9-17-12/h4-6,8-10,16H,3,7H2,1-2H3. The summed E-state index contributed by atoms with van der Waals surface area (Å²) in [4.78, 5) is 4.23. The molecule has 0 saturated carbocycles. The Bertz CT molecular complexity index is 516. The lowest BCUT2D eigenvalue weighted by molar-refractivity contribution is 0.296. The zero-order valence-electron chi connectivity index (χ0n) is 11.0. The molecule has 0 aliphatic heterocycles. The van der Waals surface area contributed by atoms with Crippen molar-refractivity contribution < 1.29 is 4.74 Å². The summed E-state index contributed by atoms with van der Waals surface area (Å²) in [6, 6.07) is 6.41. The fraction of sp³-hybridized carbons (Fsp3) is 0.357. The van der Waals surface area contributed by atoms with Crippen molar-refractivity contribution in [2.24, 2.45) is 0 Å². The van der Waals surface area contributed by atoms with Gasteiger partial charge in [-0.25, -0.2) is 4.98 Å². The van der Waals surface area contributed by atoms with Crippen LogP contribution in [0.2, 0.25) is 0 Å². The number of nitrogens with zero attached hydrogens (tertiary/aromatic N) is 1. The molecule has 3 nitrogen and oxygen atoms in total. The van der Waals surface area contributed by atoms with E-state index in [9.17, 15) is 0 Å². The monoisotopic (exact) mass is 340 g/mol. The first kappa shape index (κ1) is 14.5. The van der Waals surface area contributed by atoms with E-state index >= 15 is 0 Å². The van der Waals surface area contributed by atoms with Crippen LogP contribution in [0.25, 0.3) is 0 Å². The summed E-state index contributed by atoms with van der Waals surface area (Å²) in [5.41, 5.74) is 3.95. The highest BCUT2D eigenvalue weighted by atomic mass is 79.9. The molecule has 1 N–H and O–H groups in total. The maximum atomic E-state index is 5.90. The summed E-state index contributed by atoms with van der Waals surface area (Å²) in [5, 5.41) is 5.41. The van der Waals surface area contributed by atoms with Crippen molar-refractivity contribution in [3.05, 3.63) is 44.8 Å². The van der Waals surface area contributed by atoms with Crippen molar-refractivity contribution in [3.63, 3.8) is 0 Å². The van der Waals surface area contributed by atoms with Gasteiger partial charge in [0, 0.05) is 21.5 Å². The van der Waals surface area contributed by atoms with Gasteiger partial charge in [-0.15, -0.1) is 11.3 Å². The van der Waals surface area contributed by atoms with Crippen LogP contribution in [-0.2, 0) is 6.61 Å². The molecule has 102 valence electrons. The van der Waals surface area contributed by atoms with Gasteiger partial charge in [-0.1, -0.05) is 28.9 Å². The third-order valence-corrected chi connectivity index (χ3v) is 3.94. The van der Waals surface area contributed by atoms with Crippen LogP contribution in [0.4, 0.5) is 0 Å². The van der Waals surface area contributed by atoms with Crippen molar-refractivity contribution in [2.45, 2.75) is 26.5 Å². The van der Waals surface area contributed by atoms with Crippen LogP contribution in [-0.4, -0.2) is 11.5 Å². The smallest absolute Gasteiger partial charge is 0.131 e. The highest BCUT2D eigenvalue weighted by Crippen LogP contribution is 2.29. The molecule has 19 heavy (non-hydrogen) atoms. The maximum absolute atomic E-state index is 5.90. The van der Waals surface area contributed by atoms with E-state index in [1.807, 2.05) is 23.0 Å². The van der Waals surface area contributed by atoms with Crippen LogP contribution in [0.5, 0.6) is 5.75 Å². The van der Waals surface area contributed by atoms with E-state index in [0.717, 1.165) is 22.5 Å². The summed E-state index contributed by atoms with van der Waals surface area (Å²) in [6.07, 6.45) is 0. The predicted molar refractivity (Wildman–Crippen MR) is 82.7 cm³/mol. The molecule has 0 bridgehead atoms. The van der Waals surface area contributed by atoms with E-state index in [0.29, 0.717) is 6.61 Å². The second kappa shape index (κ2) is 7.03. The maximum Gasteiger partial charge on any atom is 0.131 e. The Morgan fingerprint density at radius 3 is 3.00 bits per heavy atom. The summed E-state index contributed by atoms with van der Waals surface area (Å²) in [5.74, 6) is 0.899. The largest absolute Gasteiger partial charge is 0.487 e. The van der Waals surface area contributed by atoms with Gasteiger partial charge in [0.1, 0.15) is 12.4 Å². The average Bonchev–Trinajstić information content (AvgIpc) is 2.89. The van der Waals surface area contributed by atoms with Crippen LogP contribution >= 0.6 is 27.3 Å². The molecule has 2 aromatic rings. The van der Waals surface area contributed by atoms with E-state index in [2.05, 4.69) is 46.1 Å². The van der Waals surface area contributed by atoms with E-state index < -0.39 is 0 Å². The van der Waals surface area contributed by atoms with Gasteiger partial charge in [0.05, 0.1) is 11.2 Å². The molecule has 1 heterocycles. The van der Waals surface area contributed by atoms with E-state index in [1.54, 1.807) is 11.3 Å². The molecule has 2 rings (SSSR count). The first-order chi connectivity index (χ1) is 9.20. The van der Waals surface area contributed by atoms with Gasteiger partial charge in [-0.2, -0.15) is 0 Å². The van der Waals surface area contributed by atoms with Gasteiger partial charge in [0.15, 0.2) is 0 Å². The zero-order valence-corrected chi connectivity index (χ0v) is 13.4. The molecular formula is C14H17BrN2OS. The molecule has 1 aromatic carbocycles. The number of thiazole rings is 1.